The predicted molar refractivity (Wildman–Crippen MR) is 82.6 cm³/mol. The third-order valence-electron chi connectivity index (χ3n) is 3.14. The SMILES string of the molecule is CCCCN(C)C(=O)c1ccc(Oc2ccccc2)nc1. The van der Waals surface area contributed by atoms with Crippen molar-refractivity contribution in [1.29, 1.82) is 0 Å². The summed E-state index contributed by atoms with van der Waals surface area (Å²) < 4.78 is 5.60. The Bertz CT molecular complexity index is 567. The van der Waals surface area contributed by atoms with Gasteiger partial charge >= 0.3 is 0 Å². The zero-order valence-corrected chi connectivity index (χ0v) is 12.5. The highest BCUT2D eigenvalue weighted by Crippen LogP contribution is 2.18. The molecule has 0 saturated heterocycles. The molecule has 4 heteroatoms. The fourth-order valence-corrected chi connectivity index (χ4v) is 1.89. The molecule has 21 heavy (non-hydrogen) atoms. The molecule has 0 atom stereocenters. The summed E-state index contributed by atoms with van der Waals surface area (Å²) in [6, 6.07) is 12.9. The Labute approximate surface area is 125 Å². The Morgan fingerprint density at radius 2 is 1.95 bits per heavy atom. The molecule has 0 N–H and O–H groups in total. The van der Waals surface area contributed by atoms with Crippen molar-refractivity contribution < 1.29 is 9.53 Å². The van der Waals surface area contributed by atoms with E-state index >= 15 is 0 Å². The largest absolute Gasteiger partial charge is 0.439 e. The summed E-state index contributed by atoms with van der Waals surface area (Å²) in [4.78, 5) is 18.1. The monoisotopic (exact) mass is 284 g/mol. The number of rotatable bonds is 6. The molecule has 0 unspecified atom stereocenters. The second-order valence-electron chi connectivity index (χ2n) is 4.88. The zero-order chi connectivity index (χ0) is 15.1. The molecule has 110 valence electrons. The molecule has 1 heterocycles. The molecule has 1 aromatic heterocycles. The maximum absolute atomic E-state index is 12.2. The number of benzene rings is 1. The molecule has 1 aromatic carbocycles. The van der Waals surface area contributed by atoms with Gasteiger partial charge in [-0.25, -0.2) is 4.98 Å². The molecule has 0 fully saturated rings. The Balaban J connectivity index is 2.00. The minimum absolute atomic E-state index is 0.0118. The van der Waals surface area contributed by atoms with Gasteiger partial charge in [-0.15, -0.1) is 0 Å². The van der Waals surface area contributed by atoms with E-state index in [4.69, 9.17) is 4.74 Å². The summed E-state index contributed by atoms with van der Waals surface area (Å²) >= 11 is 0. The normalized spacial score (nSPS) is 10.2. The highest BCUT2D eigenvalue weighted by Gasteiger charge is 2.11. The minimum Gasteiger partial charge on any atom is -0.439 e. The van der Waals surface area contributed by atoms with Crippen molar-refractivity contribution in [2.45, 2.75) is 19.8 Å². The molecule has 2 aromatic rings. The Hall–Kier alpha value is -2.36. The van der Waals surface area contributed by atoms with Crippen LogP contribution in [0.15, 0.2) is 48.7 Å². The van der Waals surface area contributed by atoms with Crippen molar-refractivity contribution in [2.24, 2.45) is 0 Å². The van der Waals surface area contributed by atoms with Crippen LogP contribution in [-0.2, 0) is 0 Å². The van der Waals surface area contributed by atoms with Crippen LogP contribution >= 0.6 is 0 Å². The molecule has 0 bridgehead atoms. The smallest absolute Gasteiger partial charge is 0.255 e. The molecule has 0 aliphatic carbocycles. The van der Waals surface area contributed by atoms with Crippen LogP contribution < -0.4 is 4.74 Å². The van der Waals surface area contributed by atoms with Gasteiger partial charge in [0.2, 0.25) is 5.88 Å². The van der Waals surface area contributed by atoms with Crippen molar-refractivity contribution in [3.63, 3.8) is 0 Å². The molecule has 0 radical (unpaired) electrons. The van der Waals surface area contributed by atoms with Crippen LogP contribution in [0.2, 0.25) is 0 Å². The first kappa shape index (κ1) is 15.0. The van der Waals surface area contributed by atoms with E-state index in [-0.39, 0.29) is 5.91 Å². The highest BCUT2D eigenvalue weighted by atomic mass is 16.5. The molecule has 0 spiro atoms. The maximum atomic E-state index is 12.2. The second kappa shape index (κ2) is 7.43. The summed E-state index contributed by atoms with van der Waals surface area (Å²) in [7, 11) is 1.81. The number of unbranched alkanes of at least 4 members (excludes halogenated alkanes) is 1. The minimum atomic E-state index is -0.0118. The molecule has 2 rings (SSSR count). The Morgan fingerprint density at radius 1 is 1.19 bits per heavy atom. The van der Waals surface area contributed by atoms with Crippen molar-refractivity contribution in [3.8, 4) is 11.6 Å². The summed E-state index contributed by atoms with van der Waals surface area (Å²) in [6.07, 6.45) is 3.63. The molecule has 4 nitrogen and oxygen atoms in total. The first-order valence-corrected chi connectivity index (χ1v) is 7.15. The summed E-state index contributed by atoms with van der Waals surface area (Å²) in [5.74, 6) is 1.19. The second-order valence-corrected chi connectivity index (χ2v) is 4.88. The molecular weight excluding hydrogens is 264 g/mol. The zero-order valence-electron chi connectivity index (χ0n) is 12.5. The predicted octanol–water partition coefficient (Wildman–Crippen LogP) is 3.75. The van der Waals surface area contributed by atoms with E-state index in [9.17, 15) is 4.79 Å². The molecule has 1 amide bonds. The summed E-state index contributed by atoms with van der Waals surface area (Å²) in [6.45, 7) is 2.87. The van der Waals surface area contributed by atoms with E-state index in [0.717, 1.165) is 25.1 Å². The van der Waals surface area contributed by atoms with Gasteiger partial charge < -0.3 is 9.64 Å². The van der Waals surface area contributed by atoms with Crippen LogP contribution in [0.1, 0.15) is 30.1 Å². The third kappa shape index (κ3) is 4.31. The lowest BCUT2D eigenvalue weighted by molar-refractivity contribution is 0.0793. The van der Waals surface area contributed by atoms with Gasteiger partial charge in [-0.2, -0.15) is 0 Å². The van der Waals surface area contributed by atoms with E-state index in [0.29, 0.717) is 11.4 Å². The van der Waals surface area contributed by atoms with Gasteiger partial charge in [-0.3, -0.25) is 4.79 Å². The number of carbonyl (C=O) groups is 1. The van der Waals surface area contributed by atoms with Gasteiger partial charge in [0.05, 0.1) is 5.56 Å². The van der Waals surface area contributed by atoms with Gasteiger partial charge in [-0.1, -0.05) is 31.5 Å². The lowest BCUT2D eigenvalue weighted by Crippen LogP contribution is -2.27. The van der Waals surface area contributed by atoms with Crippen molar-refractivity contribution in [2.75, 3.05) is 13.6 Å². The first-order chi connectivity index (χ1) is 10.2. The average Bonchev–Trinajstić information content (AvgIpc) is 2.53. The van der Waals surface area contributed by atoms with Crippen LogP contribution in [-0.4, -0.2) is 29.4 Å². The van der Waals surface area contributed by atoms with Crippen LogP contribution in [0.25, 0.3) is 0 Å². The van der Waals surface area contributed by atoms with Gasteiger partial charge in [0.25, 0.3) is 5.91 Å². The number of pyridine rings is 1. The number of nitrogens with zero attached hydrogens (tertiary/aromatic N) is 2. The first-order valence-electron chi connectivity index (χ1n) is 7.15. The number of para-hydroxylation sites is 1. The Morgan fingerprint density at radius 3 is 2.57 bits per heavy atom. The van der Waals surface area contributed by atoms with Crippen LogP contribution in [0.4, 0.5) is 0 Å². The Kier molecular flexibility index (Phi) is 5.32. The highest BCUT2D eigenvalue weighted by molar-refractivity contribution is 5.93. The quantitative estimate of drug-likeness (QED) is 0.811. The average molecular weight is 284 g/mol. The number of hydrogen-bond donors (Lipinski definition) is 0. The van der Waals surface area contributed by atoms with Gasteiger partial charge in [0, 0.05) is 25.9 Å². The molecule has 0 saturated carbocycles. The van der Waals surface area contributed by atoms with E-state index in [1.54, 1.807) is 23.2 Å². The third-order valence-corrected chi connectivity index (χ3v) is 3.14. The van der Waals surface area contributed by atoms with Crippen molar-refractivity contribution in [3.05, 3.63) is 54.2 Å². The number of carbonyl (C=O) groups excluding carboxylic acids is 1. The number of amides is 1. The standard InChI is InChI=1S/C17H20N2O2/c1-3-4-12-19(2)17(20)14-10-11-16(18-13-14)21-15-8-6-5-7-9-15/h5-11,13H,3-4,12H2,1-2H3. The van der Waals surface area contributed by atoms with E-state index < -0.39 is 0 Å². The van der Waals surface area contributed by atoms with Gasteiger partial charge in [0.1, 0.15) is 5.75 Å². The maximum Gasteiger partial charge on any atom is 0.255 e. The molecular formula is C17H20N2O2. The molecule has 0 aliphatic rings. The summed E-state index contributed by atoms with van der Waals surface area (Å²) in [5.41, 5.74) is 0.578. The van der Waals surface area contributed by atoms with E-state index in [1.165, 1.54) is 0 Å². The van der Waals surface area contributed by atoms with Crippen molar-refractivity contribution >= 4 is 5.91 Å². The van der Waals surface area contributed by atoms with Crippen LogP contribution in [0.3, 0.4) is 0 Å². The number of hydrogen-bond acceptors (Lipinski definition) is 3. The fourth-order valence-electron chi connectivity index (χ4n) is 1.89. The number of ether oxygens (including phenoxy) is 1. The van der Waals surface area contributed by atoms with Crippen LogP contribution in [0, 0.1) is 0 Å². The van der Waals surface area contributed by atoms with Crippen molar-refractivity contribution in [1.82, 2.24) is 9.88 Å². The van der Waals surface area contributed by atoms with E-state index in [1.807, 2.05) is 37.4 Å². The lowest BCUT2D eigenvalue weighted by Gasteiger charge is -2.16. The fraction of sp³-hybridized carbons (Fsp3) is 0.294. The van der Waals surface area contributed by atoms with Gasteiger partial charge in [-0.05, 0) is 24.6 Å². The molecule has 0 aliphatic heterocycles. The van der Waals surface area contributed by atoms with E-state index in [2.05, 4.69) is 11.9 Å². The van der Waals surface area contributed by atoms with Crippen LogP contribution in [0.5, 0.6) is 11.6 Å². The topological polar surface area (TPSA) is 42.4 Å². The lowest BCUT2D eigenvalue weighted by atomic mass is 10.2. The van der Waals surface area contributed by atoms with Gasteiger partial charge in [0.15, 0.2) is 0 Å². The number of aromatic nitrogens is 1. The summed E-state index contributed by atoms with van der Waals surface area (Å²) in [5, 5.41) is 0.